The first-order valence-corrected chi connectivity index (χ1v) is 9.85. The van der Waals surface area contributed by atoms with Crippen LogP contribution >= 0.6 is 15.9 Å². The van der Waals surface area contributed by atoms with E-state index >= 15 is 0 Å². The molecular weight excluding hydrogens is 410 g/mol. The standard InChI is InChI=1S/C21H24BrNO4/c1-14(3-4-15-5-7-17(25-2)8-6-15)23-21(24)12-16-11-19-20(13-18(16)22)27-10-9-26-19/h5-8,11,13-14H,3-4,9-10,12H2,1-2H3,(H,23,24)/t14-/m1/s1. The molecule has 1 atom stereocenters. The number of fused-ring (bicyclic) bond motifs is 1. The van der Waals surface area contributed by atoms with E-state index in [0.29, 0.717) is 31.1 Å². The number of nitrogens with one attached hydrogen (secondary N) is 1. The van der Waals surface area contributed by atoms with Crippen LogP contribution in [-0.4, -0.2) is 32.3 Å². The third-order valence-corrected chi connectivity index (χ3v) is 5.23. The van der Waals surface area contributed by atoms with Crippen molar-refractivity contribution in [2.24, 2.45) is 0 Å². The maximum absolute atomic E-state index is 12.4. The summed E-state index contributed by atoms with van der Waals surface area (Å²) in [5, 5.41) is 3.07. The number of ether oxygens (including phenoxy) is 3. The molecule has 2 aromatic carbocycles. The summed E-state index contributed by atoms with van der Waals surface area (Å²) < 4.78 is 17.2. The molecule has 0 saturated carbocycles. The lowest BCUT2D eigenvalue weighted by Gasteiger charge is -2.20. The van der Waals surface area contributed by atoms with Crippen LogP contribution in [0.4, 0.5) is 0 Å². The molecule has 1 aliphatic heterocycles. The van der Waals surface area contributed by atoms with Gasteiger partial charge in [0.05, 0.1) is 13.5 Å². The Balaban J connectivity index is 1.51. The molecule has 0 aromatic heterocycles. The fraction of sp³-hybridized carbons (Fsp3) is 0.381. The predicted molar refractivity (Wildman–Crippen MR) is 108 cm³/mol. The molecule has 0 spiro atoms. The first-order chi connectivity index (χ1) is 13.0. The summed E-state index contributed by atoms with van der Waals surface area (Å²) in [6, 6.07) is 11.9. The summed E-state index contributed by atoms with van der Waals surface area (Å²) in [6.07, 6.45) is 2.07. The third-order valence-electron chi connectivity index (χ3n) is 4.49. The minimum atomic E-state index is -0.00499. The average molecular weight is 434 g/mol. The summed E-state index contributed by atoms with van der Waals surface area (Å²) >= 11 is 3.52. The SMILES string of the molecule is COc1ccc(CC[C@@H](C)NC(=O)Cc2cc3c(cc2Br)OCCO3)cc1. The number of halogens is 1. The van der Waals surface area contributed by atoms with E-state index in [-0.39, 0.29) is 11.9 Å². The van der Waals surface area contributed by atoms with Gasteiger partial charge in [0, 0.05) is 10.5 Å². The van der Waals surface area contributed by atoms with Crippen LogP contribution in [0.15, 0.2) is 40.9 Å². The van der Waals surface area contributed by atoms with Gasteiger partial charge in [0.25, 0.3) is 0 Å². The summed E-state index contributed by atoms with van der Waals surface area (Å²) in [5.41, 5.74) is 2.12. The molecule has 0 unspecified atom stereocenters. The Kier molecular flexibility index (Phi) is 6.61. The summed E-state index contributed by atoms with van der Waals surface area (Å²) in [4.78, 5) is 12.4. The number of hydrogen-bond donors (Lipinski definition) is 1. The molecule has 1 N–H and O–H groups in total. The van der Waals surface area contributed by atoms with Gasteiger partial charge < -0.3 is 19.5 Å². The third kappa shape index (κ3) is 5.39. The van der Waals surface area contributed by atoms with Gasteiger partial charge in [-0.25, -0.2) is 0 Å². The van der Waals surface area contributed by atoms with E-state index in [9.17, 15) is 4.79 Å². The number of hydrogen-bond acceptors (Lipinski definition) is 4. The van der Waals surface area contributed by atoms with Crippen molar-refractivity contribution >= 4 is 21.8 Å². The highest BCUT2D eigenvalue weighted by Gasteiger charge is 2.17. The minimum absolute atomic E-state index is 0.00499. The van der Waals surface area contributed by atoms with Gasteiger partial charge in [-0.3, -0.25) is 4.79 Å². The van der Waals surface area contributed by atoms with Crippen molar-refractivity contribution in [3.05, 3.63) is 52.0 Å². The van der Waals surface area contributed by atoms with E-state index in [0.717, 1.165) is 28.6 Å². The van der Waals surface area contributed by atoms with Crippen LogP contribution in [-0.2, 0) is 17.6 Å². The van der Waals surface area contributed by atoms with Gasteiger partial charge in [0.15, 0.2) is 11.5 Å². The van der Waals surface area contributed by atoms with Crippen LogP contribution < -0.4 is 19.5 Å². The Morgan fingerprint density at radius 2 is 1.85 bits per heavy atom. The molecule has 27 heavy (non-hydrogen) atoms. The predicted octanol–water partition coefficient (Wildman–Crippen LogP) is 3.91. The van der Waals surface area contributed by atoms with Crippen molar-refractivity contribution < 1.29 is 19.0 Å². The van der Waals surface area contributed by atoms with Crippen LogP contribution in [0.25, 0.3) is 0 Å². The van der Waals surface area contributed by atoms with E-state index in [1.54, 1.807) is 7.11 Å². The lowest BCUT2D eigenvalue weighted by atomic mass is 10.1. The monoisotopic (exact) mass is 433 g/mol. The molecule has 0 saturated heterocycles. The van der Waals surface area contributed by atoms with Gasteiger partial charge in [-0.1, -0.05) is 28.1 Å². The normalized spacial score (nSPS) is 13.7. The number of carbonyl (C=O) groups is 1. The lowest BCUT2D eigenvalue weighted by Crippen LogP contribution is -2.34. The van der Waals surface area contributed by atoms with E-state index in [4.69, 9.17) is 14.2 Å². The summed E-state index contributed by atoms with van der Waals surface area (Å²) in [7, 11) is 1.66. The van der Waals surface area contributed by atoms with Crippen molar-refractivity contribution in [3.8, 4) is 17.2 Å². The number of carbonyl (C=O) groups excluding carboxylic acids is 1. The number of amides is 1. The van der Waals surface area contributed by atoms with Gasteiger partial charge in [-0.05, 0) is 55.2 Å². The molecule has 0 fully saturated rings. The minimum Gasteiger partial charge on any atom is -0.497 e. The molecule has 6 heteroatoms. The largest absolute Gasteiger partial charge is 0.497 e. The van der Waals surface area contributed by atoms with E-state index in [1.807, 2.05) is 31.2 Å². The molecule has 1 aliphatic rings. The molecule has 0 bridgehead atoms. The van der Waals surface area contributed by atoms with Crippen LogP contribution in [0.2, 0.25) is 0 Å². The molecule has 3 rings (SSSR count). The van der Waals surface area contributed by atoms with Crippen LogP contribution in [0.5, 0.6) is 17.2 Å². The first-order valence-electron chi connectivity index (χ1n) is 9.05. The first kappa shape index (κ1) is 19.5. The Morgan fingerprint density at radius 3 is 2.52 bits per heavy atom. The zero-order valence-corrected chi connectivity index (χ0v) is 17.2. The number of benzene rings is 2. The van der Waals surface area contributed by atoms with E-state index in [1.165, 1.54) is 5.56 Å². The van der Waals surface area contributed by atoms with E-state index < -0.39 is 0 Å². The smallest absolute Gasteiger partial charge is 0.224 e. The number of methoxy groups -OCH3 is 1. The topological polar surface area (TPSA) is 56.8 Å². The molecule has 1 amide bonds. The second kappa shape index (κ2) is 9.13. The summed E-state index contributed by atoms with van der Waals surface area (Å²) in [6.45, 7) is 3.11. The maximum Gasteiger partial charge on any atom is 0.224 e. The van der Waals surface area contributed by atoms with Crippen LogP contribution in [0.3, 0.4) is 0 Å². The molecule has 0 aliphatic carbocycles. The van der Waals surface area contributed by atoms with Gasteiger partial charge in [0.2, 0.25) is 5.91 Å². The van der Waals surface area contributed by atoms with Crippen molar-refractivity contribution in [3.63, 3.8) is 0 Å². The molecule has 2 aromatic rings. The van der Waals surface area contributed by atoms with Crippen molar-refractivity contribution in [1.82, 2.24) is 5.32 Å². The number of aryl methyl sites for hydroxylation is 1. The molecule has 0 radical (unpaired) electrons. The Hall–Kier alpha value is -2.21. The second-order valence-corrected chi connectivity index (χ2v) is 7.47. The average Bonchev–Trinajstić information content (AvgIpc) is 2.67. The van der Waals surface area contributed by atoms with Crippen LogP contribution in [0, 0.1) is 0 Å². The Bertz CT molecular complexity index is 792. The Morgan fingerprint density at radius 1 is 1.19 bits per heavy atom. The second-order valence-electron chi connectivity index (χ2n) is 6.62. The Labute approximate surface area is 168 Å². The number of rotatable bonds is 7. The van der Waals surface area contributed by atoms with Crippen molar-refractivity contribution in [1.29, 1.82) is 0 Å². The van der Waals surface area contributed by atoms with Crippen LogP contribution in [0.1, 0.15) is 24.5 Å². The van der Waals surface area contributed by atoms with Crippen molar-refractivity contribution in [2.45, 2.75) is 32.2 Å². The van der Waals surface area contributed by atoms with Gasteiger partial charge in [-0.15, -0.1) is 0 Å². The fourth-order valence-corrected chi connectivity index (χ4v) is 3.45. The van der Waals surface area contributed by atoms with Gasteiger partial charge >= 0.3 is 0 Å². The fourth-order valence-electron chi connectivity index (χ4n) is 2.99. The highest BCUT2D eigenvalue weighted by atomic mass is 79.9. The molecule has 1 heterocycles. The van der Waals surface area contributed by atoms with Crippen molar-refractivity contribution in [2.75, 3.05) is 20.3 Å². The molecule has 5 nitrogen and oxygen atoms in total. The molecular formula is C21H24BrNO4. The van der Waals surface area contributed by atoms with Gasteiger partial charge in [-0.2, -0.15) is 0 Å². The maximum atomic E-state index is 12.4. The van der Waals surface area contributed by atoms with E-state index in [2.05, 4.69) is 33.4 Å². The highest BCUT2D eigenvalue weighted by Crippen LogP contribution is 2.35. The lowest BCUT2D eigenvalue weighted by molar-refractivity contribution is -0.121. The zero-order chi connectivity index (χ0) is 19.2. The quantitative estimate of drug-likeness (QED) is 0.718. The zero-order valence-electron chi connectivity index (χ0n) is 15.6. The summed E-state index contributed by atoms with van der Waals surface area (Å²) in [5.74, 6) is 2.25. The highest BCUT2D eigenvalue weighted by molar-refractivity contribution is 9.10. The molecule has 144 valence electrons. The van der Waals surface area contributed by atoms with Gasteiger partial charge in [0.1, 0.15) is 19.0 Å².